The van der Waals surface area contributed by atoms with E-state index >= 15 is 0 Å². The molecule has 2 heterocycles. The third kappa shape index (κ3) is 3.10. The van der Waals surface area contributed by atoms with Crippen LogP contribution in [0.1, 0.15) is 16.2 Å². The number of aromatic nitrogens is 3. The van der Waals surface area contributed by atoms with E-state index in [9.17, 15) is 4.79 Å². The molecule has 100 valence electrons. The Hall–Kier alpha value is -1.92. The molecule has 0 atom stereocenters. The van der Waals surface area contributed by atoms with Crippen LogP contribution in [0.5, 0.6) is 0 Å². The first-order valence-electron chi connectivity index (χ1n) is 5.56. The third-order valence-corrected chi connectivity index (χ3v) is 2.92. The molecule has 7 heteroatoms. The molecule has 0 aliphatic heterocycles. The maximum absolute atomic E-state index is 12.0. The van der Waals surface area contributed by atoms with Gasteiger partial charge in [-0.1, -0.05) is 11.6 Å². The zero-order valence-corrected chi connectivity index (χ0v) is 11.3. The molecule has 0 saturated carbocycles. The zero-order chi connectivity index (χ0) is 13.8. The summed E-state index contributed by atoms with van der Waals surface area (Å²) in [5.41, 5.74) is 1.47. The summed E-state index contributed by atoms with van der Waals surface area (Å²) < 4.78 is 6.44. The lowest BCUT2D eigenvalue weighted by Gasteiger charge is -2.06. The van der Waals surface area contributed by atoms with Gasteiger partial charge >= 0.3 is 0 Å². The van der Waals surface area contributed by atoms with Gasteiger partial charge in [0.1, 0.15) is 6.73 Å². The van der Waals surface area contributed by atoms with Crippen molar-refractivity contribution in [1.29, 1.82) is 0 Å². The monoisotopic (exact) mass is 280 g/mol. The minimum Gasteiger partial charge on any atom is -0.362 e. The van der Waals surface area contributed by atoms with E-state index in [1.807, 2.05) is 0 Å². The normalized spacial score (nSPS) is 10.5. The highest BCUT2D eigenvalue weighted by Crippen LogP contribution is 2.23. The van der Waals surface area contributed by atoms with Gasteiger partial charge in [-0.3, -0.25) is 9.78 Å². The molecule has 19 heavy (non-hydrogen) atoms. The van der Waals surface area contributed by atoms with E-state index in [2.05, 4.69) is 15.4 Å². The fourth-order valence-electron chi connectivity index (χ4n) is 1.52. The third-order valence-electron chi connectivity index (χ3n) is 2.45. The van der Waals surface area contributed by atoms with Crippen LogP contribution in [0.2, 0.25) is 5.02 Å². The van der Waals surface area contributed by atoms with E-state index in [1.165, 1.54) is 4.68 Å². The van der Waals surface area contributed by atoms with Gasteiger partial charge in [0.2, 0.25) is 0 Å². The predicted molar refractivity (Wildman–Crippen MR) is 71.2 cm³/mol. The highest BCUT2D eigenvalue weighted by atomic mass is 35.5. The zero-order valence-electron chi connectivity index (χ0n) is 10.6. The van der Waals surface area contributed by atoms with E-state index in [-0.39, 0.29) is 5.91 Å². The Morgan fingerprint density at radius 1 is 1.53 bits per heavy atom. The first-order chi connectivity index (χ1) is 9.11. The number of ether oxygens (including phenoxy) is 1. The summed E-state index contributed by atoms with van der Waals surface area (Å²) in [6.45, 7) is 2.06. The number of carbonyl (C=O) groups excluding carboxylic acids is 1. The summed E-state index contributed by atoms with van der Waals surface area (Å²) in [4.78, 5) is 16.0. The molecule has 2 aromatic heterocycles. The molecule has 6 nitrogen and oxygen atoms in total. The molecule has 0 unspecified atom stereocenters. The molecular formula is C12H13ClN4O2. The minimum atomic E-state index is -0.331. The first kappa shape index (κ1) is 13.5. The van der Waals surface area contributed by atoms with Crippen molar-refractivity contribution in [3.63, 3.8) is 0 Å². The van der Waals surface area contributed by atoms with Crippen LogP contribution in [0, 0.1) is 6.92 Å². The van der Waals surface area contributed by atoms with E-state index in [0.29, 0.717) is 28.8 Å². The summed E-state index contributed by atoms with van der Waals surface area (Å²) in [5.74, 6) is -0.331. The lowest BCUT2D eigenvalue weighted by atomic mass is 10.3. The summed E-state index contributed by atoms with van der Waals surface area (Å²) in [6, 6.07) is 3.25. The number of aryl methyl sites for hydroxylation is 1. The quantitative estimate of drug-likeness (QED) is 0.931. The van der Waals surface area contributed by atoms with Gasteiger partial charge in [0.05, 0.1) is 16.4 Å². The molecule has 2 rings (SSSR count). The summed E-state index contributed by atoms with van der Waals surface area (Å²) in [6.07, 6.45) is 3.25. The minimum absolute atomic E-state index is 0.294. The number of carbonyl (C=O) groups is 1. The second-order valence-corrected chi connectivity index (χ2v) is 4.25. The number of pyridine rings is 1. The highest BCUT2D eigenvalue weighted by molar-refractivity contribution is 6.34. The molecule has 0 saturated heterocycles. The summed E-state index contributed by atoms with van der Waals surface area (Å²) in [7, 11) is 1.56. The fraction of sp³-hybridized carbons (Fsp3) is 0.250. The van der Waals surface area contributed by atoms with Crippen LogP contribution in [-0.2, 0) is 11.5 Å². The smallest absolute Gasteiger partial charge is 0.276 e. The van der Waals surface area contributed by atoms with Crippen LogP contribution in [0.3, 0.4) is 0 Å². The molecule has 0 aromatic carbocycles. The van der Waals surface area contributed by atoms with Crippen LogP contribution >= 0.6 is 11.6 Å². The lowest BCUT2D eigenvalue weighted by Crippen LogP contribution is -2.14. The molecule has 0 fully saturated rings. The molecule has 0 radical (unpaired) electrons. The maximum Gasteiger partial charge on any atom is 0.276 e. The summed E-state index contributed by atoms with van der Waals surface area (Å²) in [5, 5.41) is 7.19. The van der Waals surface area contributed by atoms with Crippen molar-refractivity contribution in [3.05, 3.63) is 40.9 Å². The first-order valence-corrected chi connectivity index (χ1v) is 5.94. The van der Waals surface area contributed by atoms with Gasteiger partial charge in [-0.25, -0.2) is 4.68 Å². The van der Waals surface area contributed by atoms with Crippen molar-refractivity contribution in [1.82, 2.24) is 14.8 Å². The molecule has 0 bridgehead atoms. The number of nitrogens with zero attached hydrogens (tertiary/aromatic N) is 3. The van der Waals surface area contributed by atoms with E-state index < -0.39 is 0 Å². The van der Waals surface area contributed by atoms with E-state index in [0.717, 1.165) is 0 Å². The Labute approximate surface area is 115 Å². The van der Waals surface area contributed by atoms with E-state index in [1.54, 1.807) is 38.6 Å². The van der Waals surface area contributed by atoms with Crippen LogP contribution in [-0.4, -0.2) is 27.8 Å². The molecule has 0 spiro atoms. The number of methoxy groups -OCH3 is 1. The van der Waals surface area contributed by atoms with Crippen LogP contribution in [0.15, 0.2) is 24.5 Å². The van der Waals surface area contributed by atoms with Crippen LogP contribution < -0.4 is 5.32 Å². The summed E-state index contributed by atoms with van der Waals surface area (Å²) >= 11 is 6.06. The average Bonchev–Trinajstić information content (AvgIpc) is 2.84. The Morgan fingerprint density at radius 3 is 3.05 bits per heavy atom. The van der Waals surface area contributed by atoms with Crippen molar-refractivity contribution < 1.29 is 9.53 Å². The van der Waals surface area contributed by atoms with Crippen LogP contribution in [0.4, 0.5) is 5.69 Å². The van der Waals surface area contributed by atoms with Crippen molar-refractivity contribution in [2.24, 2.45) is 0 Å². The second-order valence-electron chi connectivity index (χ2n) is 3.87. The predicted octanol–water partition coefficient (Wildman–Crippen LogP) is 2.10. The fourth-order valence-corrected chi connectivity index (χ4v) is 1.68. The topological polar surface area (TPSA) is 69.0 Å². The number of nitrogens with one attached hydrogen (secondary N) is 1. The molecular weight excluding hydrogens is 268 g/mol. The number of amides is 1. The van der Waals surface area contributed by atoms with Gasteiger partial charge in [0.25, 0.3) is 5.91 Å². The SMILES string of the molecule is COCn1ccc(C(=O)Nc2ccnc(C)c2Cl)n1. The van der Waals surface area contributed by atoms with Crippen molar-refractivity contribution in [3.8, 4) is 0 Å². The largest absolute Gasteiger partial charge is 0.362 e. The Kier molecular flexibility index (Phi) is 4.13. The standard InChI is InChI=1S/C12H13ClN4O2/c1-8-11(13)9(3-5-14-8)15-12(18)10-4-6-17(16-10)7-19-2/h3-6H,7H2,1-2H3,(H,14,15,18). The molecule has 0 aliphatic rings. The Bertz CT molecular complexity index is 597. The Morgan fingerprint density at radius 2 is 2.32 bits per heavy atom. The van der Waals surface area contributed by atoms with Crippen molar-refractivity contribution >= 4 is 23.2 Å². The maximum atomic E-state index is 12.0. The van der Waals surface area contributed by atoms with Gasteiger partial charge in [0.15, 0.2) is 5.69 Å². The molecule has 2 aromatic rings. The molecule has 1 N–H and O–H groups in total. The number of rotatable bonds is 4. The van der Waals surface area contributed by atoms with Gasteiger partial charge in [-0.15, -0.1) is 0 Å². The molecule has 1 amide bonds. The lowest BCUT2D eigenvalue weighted by molar-refractivity contribution is 0.101. The van der Waals surface area contributed by atoms with Crippen molar-refractivity contribution in [2.45, 2.75) is 13.7 Å². The highest BCUT2D eigenvalue weighted by Gasteiger charge is 2.12. The average molecular weight is 281 g/mol. The molecule has 0 aliphatic carbocycles. The number of hydrogen-bond donors (Lipinski definition) is 1. The van der Waals surface area contributed by atoms with Crippen LogP contribution in [0.25, 0.3) is 0 Å². The van der Waals surface area contributed by atoms with Gasteiger partial charge in [0, 0.05) is 19.5 Å². The second kappa shape index (κ2) is 5.81. The van der Waals surface area contributed by atoms with Gasteiger partial charge < -0.3 is 10.1 Å². The van der Waals surface area contributed by atoms with Crippen molar-refractivity contribution in [2.75, 3.05) is 12.4 Å². The van der Waals surface area contributed by atoms with Gasteiger partial charge in [-0.05, 0) is 19.1 Å². The number of anilines is 1. The number of hydrogen-bond acceptors (Lipinski definition) is 4. The van der Waals surface area contributed by atoms with E-state index in [4.69, 9.17) is 16.3 Å². The van der Waals surface area contributed by atoms with Gasteiger partial charge in [-0.2, -0.15) is 5.10 Å². The Balaban J connectivity index is 2.14. The number of halogens is 1.